The van der Waals surface area contributed by atoms with Crippen molar-refractivity contribution in [1.29, 1.82) is 0 Å². The number of piperidine rings is 1. The molecule has 0 spiro atoms. The molecule has 0 atom stereocenters. The molecule has 2 fully saturated rings. The summed E-state index contributed by atoms with van der Waals surface area (Å²) in [5.41, 5.74) is 0.743. The van der Waals surface area contributed by atoms with E-state index in [0.29, 0.717) is 19.1 Å². The van der Waals surface area contributed by atoms with Crippen molar-refractivity contribution < 1.29 is 13.9 Å². The highest BCUT2D eigenvalue weighted by atomic mass is 32.2. The van der Waals surface area contributed by atoms with Crippen LogP contribution in [0, 0.1) is 5.82 Å². The first-order chi connectivity index (χ1) is 15.1. The lowest BCUT2D eigenvalue weighted by Crippen LogP contribution is -2.32. The zero-order valence-corrected chi connectivity index (χ0v) is 19.0. The highest BCUT2D eigenvalue weighted by Crippen LogP contribution is 2.41. The minimum Gasteiger partial charge on any atom is -0.494 e. The first-order valence-corrected chi connectivity index (χ1v) is 12.0. The van der Waals surface area contributed by atoms with E-state index in [-0.39, 0.29) is 17.4 Å². The van der Waals surface area contributed by atoms with E-state index in [0.717, 1.165) is 42.6 Å². The molecular formula is C22H30FN5O2S. The fourth-order valence-electron chi connectivity index (χ4n) is 3.95. The van der Waals surface area contributed by atoms with Crippen LogP contribution in [-0.4, -0.2) is 58.1 Å². The monoisotopic (exact) mass is 447 g/mol. The van der Waals surface area contributed by atoms with Gasteiger partial charge in [0, 0.05) is 32.2 Å². The van der Waals surface area contributed by atoms with Crippen LogP contribution in [0.5, 0.6) is 5.75 Å². The molecule has 4 rings (SSSR count). The van der Waals surface area contributed by atoms with Crippen molar-refractivity contribution in [1.82, 2.24) is 19.7 Å². The molecule has 1 saturated carbocycles. The van der Waals surface area contributed by atoms with Gasteiger partial charge in [-0.25, -0.2) is 4.39 Å². The van der Waals surface area contributed by atoms with Gasteiger partial charge < -0.3 is 14.5 Å². The molecule has 9 heteroatoms. The van der Waals surface area contributed by atoms with Crippen molar-refractivity contribution in [2.45, 2.75) is 56.8 Å². The SMILES string of the molecule is CCN(Cc1ccc(OC)c(F)c1)C(=O)CSc1nnc(N2CCCCC2)n1C1CC1. The van der Waals surface area contributed by atoms with Gasteiger partial charge in [-0.2, -0.15) is 0 Å². The van der Waals surface area contributed by atoms with Crippen LogP contribution in [0.1, 0.15) is 50.6 Å². The van der Waals surface area contributed by atoms with Gasteiger partial charge in [-0.15, -0.1) is 10.2 Å². The van der Waals surface area contributed by atoms with Crippen molar-refractivity contribution in [2.75, 3.05) is 37.4 Å². The lowest BCUT2D eigenvalue weighted by atomic mass is 10.1. The number of amides is 1. The number of nitrogens with zero attached hydrogens (tertiary/aromatic N) is 5. The van der Waals surface area contributed by atoms with Crippen LogP contribution < -0.4 is 9.64 Å². The van der Waals surface area contributed by atoms with Crippen molar-refractivity contribution in [3.63, 3.8) is 0 Å². The maximum absolute atomic E-state index is 14.0. The number of hydrogen-bond donors (Lipinski definition) is 0. The van der Waals surface area contributed by atoms with E-state index in [9.17, 15) is 9.18 Å². The number of thioether (sulfide) groups is 1. The molecule has 2 aromatic rings. The summed E-state index contributed by atoms with van der Waals surface area (Å²) in [6.45, 7) is 4.91. The van der Waals surface area contributed by atoms with Gasteiger partial charge >= 0.3 is 0 Å². The Kier molecular flexibility index (Phi) is 6.99. The van der Waals surface area contributed by atoms with Crippen molar-refractivity contribution in [3.8, 4) is 5.75 Å². The number of benzene rings is 1. The zero-order valence-electron chi connectivity index (χ0n) is 18.2. The third-order valence-electron chi connectivity index (χ3n) is 5.85. The van der Waals surface area contributed by atoms with Crippen LogP contribution >= 0.6 is 11.8 Å². The number of ether oxygens (including phenoxy) is 1. The normalized spacial score (nSPS) is 16.4. The molecule has 0 unspecified atom stereocenters. The lowest BCUT2D eigenvalue weighted by molar-refractivity contribution is -0.128. The lowest BCUT2D eigenvalue weighted by Gasteiger charge is -2.27. The summed E-state index contributed by atoms with van der Waals surface area (Å²) in [5.74, 6) is 1.04. The molecule has 0 bridgehead atoms. The maximum Gasteiger partial charge on any atom is 0.233 e. The summed E-state index contributed by atoms with van der Waals surface area (Å²) >= 11 is 1.45. The number of aromatic nitrogens is 3. The van der Waals surface area contributed by atoms with Gasteiger partial charge in [0.1, 0.15) is 0 Å². The second-order valence-corrected chi connectivity index (χ2v) is 9.04. The standard InChI is InChI=1S/C22H30FN5O2S/c1-3-26(14-16-7-10-19(30-2)18(23)13-16)20(29)15-31-22-25-24-21(28(22)17-8-9-17)27-11-5-4-6-12-27/h7,10,13,17H,3-6,8-9,11-12,14-15H2,1-2H3. The summed E-state index contributed by atoms with van der Waals surface area (Å²) < 4.78 is 21.2. The predicted molar refractivity (Wildman–Crippen MR) is 119 cm³/mol. The topological polar surface area (TPSA) is 63.5 Å². The Hall–Kier alpha value is -2.29. The number of carbonyl (C=O) groups excluding carboxylic acids is 1. The van der Waals surface area contributed by atoms with Gasteiger partial charge in [0.2, 0.25) is 11.9 Å². The minimum absolute atomic E-state index is 0.00796. The Labute approximate surface area is 186 Å². The van der Waals surface area contributed by atoms with E-state index in [1.54, 1.807) is 17.0 Å². The average molecular weight is 448 g/mol. The van der Waals surface area contributed by atoms with Gasteiger partial charge in [0.15, 0.2) is 16.7 Å². The Morgan fingerprint density at radius 3 is 2.68 bits per heavy atom. The van der Waals surface area contributed by atoms with Gasteiger partial charge in [0.05, 0.1) is 12.9 Å². The Bertz CT molecular complexity index is 911. The van der Waals surface area contributed by atoms with Crippen LogP contribution in [0.15, 0.2) is 23.4 Å². The van der Waals surface area contributed by atoms with E-state index in [4.69, 9.17) is 4.74 Å². The second-order valence-electron chi connectivity index (χ2n) is 8.10. The Morgan fingerprint density at radius 2 is 2.03 bits per heavy atom. The van der Waals surface area contributed by atoms with E-state index < -0.39 is 5.82 Å². The molecule has 1 aromatic heterocycles. The van der Waals surface area contributed by atoms with E-state index >= 15 is 0 Å². The molecule has 2 aliphatic rings. The predicted octanol–water partition coefficient (Wildman–Crippen LogP) is 3.89. The maximum atomic E-state index is 14.0. The number of methoxy groups -OCH3 is 1. The van der Waals surface area contributed by atoms with Crippen molar-refractivity contribution in [2.24, 2.45) is 0 Å². The fourth-order valence-corrected chi connectivity index (χ4v) is 4.86. The molecule has 2 heterocycles. The molecule has 0 radical (unpaired) electrons. The van der Waals surface area contributed by atoms with Crippen LogP contribution in [-0.2, 0) is 11.3 Å². The molecule has 7 nitrogen and oxygen atoms in total. The third kappa shape index (κ3) is 5.14. The van der Waals surface area contributed by atoms with Crippen LogP contribution in [0.4, 0.5) is 10.3 Å². The summed E-state index contributed by atoms with van der Waals surface area (Å²) in [6.07, 6.45) is 5.94. The van der Waals surface area contributed by atoms with Gasteiger partial charge in [0.25, 0.3) is 0 Å². The quantitative estimate of drug-likeness (QED) is 0.544. The number of rotatable bonds is 9. The Balaban J connectivity index is 1.40. The molecule has 0 N–H and O–H groups in total. The third-order valence-corrected chi connectivity index (χ3v) is 6.77. The Morgan fingerprint density at radius 1 is 1.26 bits per heavy atom. The molecule has 1 aromatic carbocycles. The average Bonchev–Trinajstić information content (AvgIpc) is 3.55. The highest BCUT2D eigenvalue weighted by molar-refractivity contribution is 7.99. The molecule has 1 amide bonds. The highest BCUT2D eigenvalue weighted by Gasteiger charge is 2.32. The summed E-state index contributed by atoms with van der Waals surface area (Å²) in [4.78, 5) is 16.9. The van der Waals surface area contributed by atoms with Gasteiger partial charge in [-0.3, -0.25) is 9.36 Å². The van der Waals surface area contributed by atoms with E-state index in [1.807, 2.05) is 6.92 Å². The van der Waals surface area contributed by atoms with Gasteiger partial charge in [-0.1, -0.05) is 17.8 Å². The largest absolute Gasteiger partial charge is 0.494 e. The van der Waals surface area contributed by atoms with E-state index in [2.05, 4.69) is 19.7 Å². The number of anilines is 1. The van der Waals surface area contributed by atoms with Gasteiger partial charge in [-0.05, 0) is 56.7 Å². The first-order valence-electron chi connectivity index (χ1n) is 11.0. The summed E-state index contributed by atoms with van der Waals surface area (Å²) in [5, 5.41) is 9.72. The smallest absolute Gasteiger partial charge is 0.233 e. The molecule has 168 valence electrons. The first kappa shape index (κ1) is 21.9. The number of halogens is 1. The molecular weight excluding hydrogens is 417 g/mol. The fraction of sp³-hybridized carbons (Fsp3) is 0.591. The number of hydrogen-bond acceptors (Lipinski definition) is 6. The summed E-state index contributed by atoms with van der Waals surface area (Å²) in [7, 11) is 1.44. The molecule has 1 saturated heterocycles. The van der Waals surface area contributed by atoms with Crippen molar-refractivity contribution in [3.05, 3.63) is 29.6 Å². The number of carbonyl (C=O) groups is 1. The van der Waals surface area contributed by atoms with Crippen LogP contribution in [0.25, 0.3) is 0 Å². The minimum atomic E-state index is -0.416. The van der Waals surface area contributed by atoms with E-state index in [1.165, 1.54) is 44.2 Å². The molecule has 1 aliphatic heterocycles. The summed E-state index contributed by atoms with van der Waals surface area (Å²) in [6, 6.07) is 5.27. The van der Waals surface area contributed by atoms with Crippen molar-refractivity contribution >= 4 is 23.6 Å². The molecule has 1 aliphatic carbocycles. The van der Waals surface area contributed by atoms with Crippen LogP contribution in [0.3, 0.4) is 0 Å². The molecule has 31 heavy (non-hydrogen) atoms. The van der Waals surface area contributed by atoms with Crippen LogP contribution in [0.2, 0.25) is 0 Å². The zero-order chi connectivity index (χ0) is 21.8. The second kappa shape index (κ2) is 9.89.